The minimum atomic E-state index is -0.529. The van der Waals surface area contributed by atoms with Crippen LogP contribution in [-0.4, -0.2) is 21.5 Å². The highest BCUT2D eigenvalue weighted by Crippen LogP contribution is 2.08. The molecule has 0 amide bonds. The Kier molecular flexibility index (Phi) is 2.61. The van der Waals surface area contributed by atoms with Crippen LogP contribution in [0.5, 0.6) is 0 Å². The summed E-state index contributed by atoms with van der Waals surface area (Å²) in [5.41, 5.74) is -0.116. The molecule has 4 heteroatoms. The molecule has 0 aliphatic heterocycles. The van der Waals surface area contributed by atoms with Gasteiger partial charge in [-0.2, -0.15) is 9.78 Å². The van der Waals surface area contributed by atoms with E-state index in [0.29, 0.717) is 5.69 Å². The molecule has 1 aromatic heterocycles. The maximum atomic E-state index is 11.4. The zero-order chi connectivity index (χ0) is 10.8. The van der Waals surface area contributed by atoms with Crippen LogP contribution in [-0.2, 0) is 4.74 Å². The predicted octanol–water partition coefficient (Wildman–Crippen LogP) is 1.65. The molecule has 0 aliphatic carbocycles. The lowest BCUT2D eigenvalue weighted by molar-refractivity contribution is 0.0514. The van der Waals surface area contributed by atoms with Gasteiger partial charge in [0.15, 0.2) is 0 Å². The lowest BCUT2D eigenvalue weighted by Gasteiger charge is -2.18. The average molecular weight is 192 g/mol. The first kappa shape index (κ1) is 10.3. The Morgan fingerprint density at radius 3 is 2.71 bits per heavy atom. The van der Waals surface area contributed by atoms with Crippen LogP contribution in [0.15, 0.2) is 12.3 Å². The lowest BCUT2D eigenvalue weighted by atomic mass is 10.2. The molecule has 0 atom stereocenters. The molecule has 0 bridgehead atoms. The van der Waals surface area contributed by atoms with E-state index in [2.05, 4.69) is 11.0 Å². The summed E-state index contributed by atoms with van der Waals surface area (Å²) < 4.78 is 6.16. The van der Waals surface area contributed by atoms with E-state index in [1.54, 1.807) is 26.8 Å². The van der Waals surface area contributed by atoms with E-state index in [-0.39, 0.29) is 0 Å². The van der Waals surface area contributed by atoms with Crippen LogP contribution in [0.4, 0.5) is 4.79 Å². The van der Waals surface area contributed by atoms with Gasteiger partial charge in [0.25, 0.3) is 0 Å². The van der Waals surface area contributed by atoms with Crippen LogP contribution in [0.1, 0.15) is 26.5 Å². The van der Waals surface area contributed by atoms with Gasteiger partial charge in [-0.3, -0.25) is 0 Å². The smallest absolute Gasteiger partial charge is 0.435 e. The first-order valence-corrected chi connectivity index (χ1v) is 4.18. The van der Waals surface area contributed by atoms with Crippen LogP contribution >= 0.6 is 0 Å². The number of rotatable bonds is 0. The van der Waals surface area contributed by atoms with Gasteiger partial charge < -0.3 is 4.74 Å². The fourth-order valence-electron chi connectivity index (χ4n) is 0.811. The summed E-state index contributed by atoms with van der Waals surface area (Å²) in [6.45, 7) is 5.36. The molecule has 0 saturated carbocycles. The summed E-state index contributed by atoms with van der Waals surface area (Å²) in [5, 5.41) is 3.82. The Balaban J connectivity index is 2.76. The Morgan fingerprint density at radius 2 is 2.29 bits per heavy atom. The van der Waals surface area contributed by atoms with E-state index in [0.717, 1.165) is 4.68 Å². The molecular formula is C10H12N2O2. The SMILES string of the molecule is C#Cc1ccn(C(=O)OC(C)(C)C)n1. The van der Waals surface area contributed by atoms with Gasteiger partial charge in [-0.1, -0.05) is 0 Å². The lowest BCUT2D eigenvalue weighted by Crippen LogP contribution is -2.27. The van der Waals surface area contributed by atoms with Gasteiger partial charge in [0.1, 0.15) is 11.3 Å². The number of hydrogen-bond acceptors (Lipinski definition) is 3. The van der Waals surface area contributed by atoms with Crippen LogP contribution in [0.2, 0.25) is 0 Å². The van der Waals surface area contributed by atoms with Crippen LogP contribution in [0.25, 0.3) is 0 Å². The van der Waals surface area contributed by atoms with Crippen molar-refractivity contribution >= 4 is 6.09 Å². The van der Waals surface area contributed by atoms with Crippen molar-refractivity contribution in [2.45, 2.75) is 26.4 Å². The molecule has 14 heavy (non-hydrogen) atoms. The highest BCUT2D eigenvalue weighted by Gasteiger charge is 2.18. The standard InChI is InChI=1S/C10H12N2O2/c1-5-8-6-7-12(11-8)9(13)14-10(2,3)4/h1,6-7H,2-4H3. The number of aromatic nitrogens is 2. The van der Waals surface area contributed by atoms with Crippen molar-refractivity contribution < 1.29 is 9.53 Å². The van der Waals surface area contributed by atoms with Gasteiger partial charge >= 0.3 is 6.09 Å². The third-order valence-electron chi connectivity index (χ3n) is 1.32. The molecule has 0 spiro atoms. The molecule has 0 radical (unpaired) electrons. The van der Waals surface area contributed by atoms with Crippen LogP contribution in [0, 0.1) is 12.3 Å². The molecule has 0 aromatic carbocycles. The van der Waals surface area contributed by atoms with Crippen molar-refractivity contribution in [1.82, 2.24) is 9.78 Å². The normalized spacial score (nSPS) is 10.7. The van der Waals surface area contributed by atoms with Crippen molar-refractivity contribution in [3.8, 4) is 12.3 Å². The number of carbonyl (C=O) groups is 1. The minimum Gasteiger partial charge on any atom is -0.442 e. The summed E-state index contributed by atoms with van der Waals surface area (Å²) in [4.78, 5) is 11.4. The summed E-state index contributed by atoms with van der Waals surface area (Å²) >= 11 is 0. The summed E-state index contributed by atoms with van der Waals surface area (Å²) in [5.74, 6) is 2.33. The van der Waals surface area contributed by atoms with Crippen molar-refractivity contribution in [3.05, 3.63) is 18.0 Å². The molecule has 0 fully saturated rings. The number of terminal acetylenes is 1. The van der Waals surface area contributed by atoms with Gasteiger partial charge in [-0.15, -0.1) is 6.42 Å². The molecule has 1 rings (SSSR count). The maximum absolute atomic E-state index is 11.4. The Morgan fingerprint density at radius 1 is 1.64 bits per heavy atom. The Bertz CT molecular complexity index is 380. The Labute approximate surface area is 82.9 Å². The van der Waals surface area contributed by atoms with Crippen molar-refractivity contribution in [2.24, 2.45) is 0 Å². The van der Waals surface area contributed by atoms with E-state index in [1.165, 1.54) is 6.20 Å². The average Bonchev–Trinajstić information content (AvgIpc) is 2.48. The van der Waals surface area contributed by atoms with Crippen LogP contribution in [0.3, 0.4) is 0 Å². The molecule has 74 valence electrons. The topological polar surface area (TPSA) is 44.1 Å². The second kappa shape index (κ2) is 3.54. The van der Waals surface area contributed by atoms with Gasteiger partial charge in [-0.05, 0) is 32.8 Å². The molecule has 0 aliphatic rings. The number of ether oxygens (including phenoxy) is 1. The van der Waals surface area contributed by atoms with E-state index in [4.69, 9.17) is 11.2 Å². The molecule has 0 saturated heterocycles. The maximum Gasteiger partial charge on any atom is 0.435 e. The van der Waals surface area contributed by atoms with Crippen molar-refractivity contribution in [3.63, 3.8) is 0 Å². The Hall–Kier alpha value is -1.76. The summed E-state index contributed by atoms with van der Waals surface area (Å²) in [6, 6.07) is 1.57. The van der Waals surface area contributed by atoms with Crippen molar-refractivity contribution in [2.75, 3.05) is 0 Å². The van der Waals surface area contributed by atoms with Gasteiger partial charge in [0.05, 0.1) is 0 Å². The quantitative estimate of drug-likeness (QED) is 0.587. The first-order valence-electron chi connectivity index (χ1n) is 4.18. The first-order chi connectivity index (χ1) is 6.42. The second-order valence-corrected chi connectivity index (χ2v) is 3.77. The number of nitrogens with zero attached hydrogens (tertiary/aromatic N) is 2. The molecule has 0 N–H and O–H groups in total. The molecule has 0 unspecified atom stereocenters. The van der Waals surface area contributed by atoms with E-state index in [1.807, 2.05) is 0 Å². The number of hydrogen-bond donors (Lipinski definition) is 0. The highest BCUT2D eigenvalue weighted by molar-refractivity contribution is 5.69. The second-order valence-electron chi connectivity index (χ2n) is 3.77. The molecule has 1 aromatic rings. The van der Waals surface area contributed by atoms with Crippen LogP contribution < -0.4 is 0 Å². The zero-order valence-corrected chi connectivity index (χ0v) is 8.44. The fourth-order valence-corrected chi connectivity index (χ4v) is 0.811. The summed E-state index contributed by atoms with van der Waals surface area (Å²) in [7, 11) is 0. The van der Waals surface area contributed by atoms with E-state index >= 15 is 0 Å². The fraction of sp³-hybridized carbons (Fsp3) is 0.400. The molecule has 1 heterocycles. The predicted molar refractivity (Wildman–Crippen MR) is 51.8 cm³/mol. The van der Waals surface area contributed by atoms with Gasteiger partial charge in [0, 0.05) is 6.20 Å². The monoisotopic (exact) mass is 192 g/mol. The molecule has 4 nitrogen and oxygen atoms in total. The minimum absolute atomic E-state index is 0.413. The zero-order valence-electron chi connectivity index (χ0n) is 8.44. The van der Waals surface area contributed by atoms with Gasteiger partial charge in [0.2, 0.25) is 0 Å². The molecular weight excluding hydrogens is 180 g/mol. The van der Waals surface area contributed by atoms with E-state index in [9.17, 15) is 4.79 Å². The van der Waals surface area contributed by atoms with Crippen molar-refractivity contribution in [1.29, 1.82) is 0 Å². The van der Waals surface area contributed by atoms with E-state index < -0.39 is 11.7 Å². The highest BCUT2D eigenvalue weighted by atomic mass is 16.6. The van der Waals surface area contributed by atoms with Gasteiger partial charge in [-0.25, -0.2) is 4.79 Å². The third kappa shape index (κ3) is 2.63. The third-order valence-corrected chi connectivity index (χ3v) is 1.32. The largest absolute Gasteiger partial charge is 0.442 e. The number of carbonyl (C=O) groups excluding carboxylic acids is 1. The summed E-state index contributed by atoms with van der Waals surface area (Å²) in [6.07, 6.45) is 6.06.